The number of aromatic amines is 1. The van der Waals surface area contributed by atoms with Crippen LogP contribution in [0.15, 0.2) is 36.5 Å². The Morgan fingerprint density at radius 2 is 1.84 bits per heavy atom. The maximum Gasteiger partial charge on any atom is 0.274 e. The second-order valence-electron chi connectivity index (χ2n) is 7.74. The number of nitrogens with two attached hydrogens (primary N) is 1. The smallest absolute Gasteiger partial charge is 0.274 e. The number of carbonyl (C=O) groups is 2. The van der Waals surface area contributed by atoms with E-state index in [1.54, 1.807) is 55.4 Å². The lowest BCUT2D eigenvalue weighted by Gasteiger charge is -2.22. The lowest BCUT2D eigenvalue weighted by molar-refractivity contribution is -0.117. The molecule has 0 saturated heterocycles. The molecule has 0 bridgehead atoms. The zero-order chi connectivity index (χ0) is 23.7. The summed E-state index contributed by atoms with van der Waals surface area (Å²) in [7, 11) is 1.79. The van der Waals surface area contributed by atoms with Crippen LogP contribution in [0.25, 0.3) is 22.2 Å². The van der Waals surface area contributed by atoms with Crippen LogP contribution in [0.4, 0.5) is 4.39 Å². The van der Waals surface area contributed by atoms with Crippen LogP contribution in [0.2, 0.25) is 0 Å². The number of benzene rings is 1. The summed E-state index contributed by atoms with van der Waals surface area (Å²) < 4.78 is 14.7. The third kappa shape index (κ3) is 6.35. The van der Waals surface area contributed by atoms with E-state index in [1.165, 1.54) is 0 Å². The van der Waals surface area contributed by atoms with Gasteiger partial charge < -0.3 is 15.6 Å². The normalized spacial score (nSPS) is 11.5. The van der Waals surface area contributed by atoms with E-state index in [1.807, 2.05) is 0 Å². The van der Waals surface area contributed by atoms with Crippen LogP contribution in [-0.2, 0) is 4.79 Å². The van der Waals surface area contributed by atoms with Gasteiger partial charge in [-0.1, -0.05) is 33.6 Å². The molecule has 3 aromatic rings. The van der Waals surface area contributed by atoms with Crippen LogP contribution >= 0.6 is 0 Å². The molecule has 32 heavy (non-hydrogen) atoms. The van der Waals surface area contributed by atoms with Gasteiger partial charge in [0.2, 0.25) is 5.91 Å². The zero-order valence-corrected chi connectivity index (χ0v) is 19.2. The van der Waals surface area contributed by atoms with Crippen molar-refractivity contribution in [1.82, 2.24) is 20.1 Å². The van der Waals surface area contributed by atoms with Gasteiger partial charge in [-0.25, -0.2) is 4.39 Å². The molecule has 0 fully saturated rings. The van der Waals surface area contributed by atoms with Crippen molar-refractivity contribution in [1.29, 1.82) is 0 Å². The summed E-state index contributed by atoms with van der Waals surface area (Å²) in [6, 6.07) is 8.43. The Morgan fingerprint density at radius 3 is 2.41 bits per heavy atom. The van der Waals surface area contributed by atoms with E-state index in [0.717, 1.165) is 24.8 Å². The van der Waals surface area contributed by atoms with Crippen molar-refractivity contribution in [2.75, 3.05) is 13.6 Å². The Hall–Kier alpha value is -3.29. The molecule has 2 aromatic heterocycles. The molecule has 0 aliphatic rings. The van der Waals surface area contributed by atoms with Gasteiger partial charge in [0.25, 0.3) is 5.91 Å². The van der Waals surface area contributed by atoms with E-state index in [-0.39, 0.29) is 23.3 Å². The summed E-state index contributed by atoms with van der Waals surface area (Å²) in [4.78, 5) is 26.9. The summed E-state index contributed by atoms with van der Waals surface area (Å²) in [6.07, 6.45) is 5.38. The number of hydrogen-bond donors (Lipinski definition) is 2. The Labute approximate surface area is 188 Å². The van der Waals surface area contributed by atoms with Crippen molar-refractivity contribution in [2.24, 2.45) is 11.7 Å². The minimum absolute atomic E-state index is 0.162. The molecule has 2 amide bonds. The molecular formula is C24H32FN5O2. The predicted molar refractivity (Wildman–Crippen MR) is 124 cm³/mol. The molecule has 0 spiro atoms. The SMILES string of the molecule is CCC(N)=O.CCCC(CC)CN(C)C(=O)c1ccc(-c2ccc3[nH]ccc3c2F)nn1. The van der Waals surface area contributed by atoms with Crippen LogP contribution in [0.3, 0.4) is 0 Å². The molecule has 1 atom stereocenters. The molecule has 1 aromatic carbocycles. The predicted octanol–water partition coefficient (Wildman–Crippen LogP) is 4.54. The molecule has 0 radical (unpaired) electrons. The Kier molecular flexibility index (Phi) is 9.31. The molecule has 8 heteroatoms. The molecule has 2 heterocycles. The van der Waals surface area contributed by atoms with Gasteiger partial charge in [-0.15, -0.1) is 10.2 Å². The summed E-state index contributed by atoms with van der Waals surface area (Å²) in [5.41, 5.74) is 6.44. The van der Waals surface area contributed by atoms with Crippen LogP contribution in [0.5, 0.6) is 0 Å². The minimum Gasteiger partial charge on any atom is -0.370 e. The number of rotatable bonds is 8. The highest BCUT2D eigenvalue weighted by atomic mass is 19.1. The first kappa shape index (κ1) is 25.0. The fourth-order valence-corrected chi connectivity index (χ4v) is 3.38. The van der Waals surface area contributed by atoms with Crippen molar-refractivity contribution in [2.45, 2.75) is 46.5 Å². The topological polar surface area (TPSA) is 105 Å². The third-order valence-corrected chi connectivity index (χ3v) is 5.33. The molecule has 0 saturated carbocycles. The zero-order valence-electron chi connectivity index (χ0n) is 19.2. The monoisotopic (exact) mass is 441 g/mol. The van der Waals surface area contributed by atoms with Crippen LogP contribution < -0.4 is 5.73 Å². The molecule has 3 rings (SSSR count). The van der Waals surface area contributed by atoms with E-state index in [0.29, 0.717) is 35.5 Å². The number of primary amides is 1. The number of carbonyl (C=O) groups excluding carboxylic acids is 2. The van der Waals surface area contributed by atoms with Gasteiger partial charge in [-0.2, -0.15) is 0 Å². The number of H-pyrrole nitrogens is 1. The number of halogens is 1. The molecule has 0 aliphatic heterocycles. The standard InChI is InChI=1S/C21H25FN4O.C3H7NO/c1-4-6-14(5-2)13-26(3)21(27)19-10-9-18(24-25-19)15-7-8-17-16(20(15)22)11-12-23-17;1-2-3(4)5/h7-12,14,23H,4-6,13H2,1-3H3;2H2,1H3,(H2,4,5). The van der Waals surface area contributed by atoms with Crippen molar-refractivity contribution in [3.8, 4) is 11.3 Å². The third-order valence-electron chi connectivity index (χ3n) is 5.33. The number of nitrogens with one attached hydrogen (secondary N) is 1. The molecule has 0 aliphatic carbocycles. The summed E-state index contributed by atoms with van der Waals surface area (Å²) in [5.74, 6) is -0.266. The summed E-state index contributed by atoms with van der Waals surface area (Å²) in [6.45, 7) is 6.72. The highest BCUT2D eigenvalue weighted by Gasteiger charge is 2.18. The van der Waals surface area contributed by atoms with Gasteiger partial charge in [0.15, 0.2) is 5.69 Å². The number of aromatic nitrogens is 3. The maximum absolute atomic E-state index is 14.7. The molecule has 1 unspecified atom stereocenters. The van der Waals surface area contributed by atoms with Crippen molar-refractivity contribution >= 4 is 22.7 Å². The van der Waals surface area contributed by atoms with Gasteiger partial charge >= 0.3 is 0 Å². The van der Waals surface area contributed by atoms with Gasteiger partial charge in [-0.3, -0.25) is 9.59 Å². The summed E-state index contributed by atoms with van der Waals surface area (Å²) >= 11 is 0. The Bertz CT molecular complexity index is 1030. The quantitative estimate of drug-likeness (QED) is 0.535. The molecule has 7 nitrogen and oxygen atoms in total. The van der Waals surface area contributed by atoms with Crippen LogP contribution in [-0.4, -0.2) is 45.5 Å². The van der Waals surface area contributed by atoms with E-state index in [9.17, 15) is 14.0 Å². The van der Waals surface area contributed by atoms with E-state index in [4.69, 9.17) is 0 Å². The first-order valence-corrected chi connectivity index (χ1v) is 11.0. The van der Waals surface area contributed by atoms with Gasteiger partial charge in [0, 0.05) is 42.7 Å². The van der Waals surface area contributed by atoms with E-state index >= 15 is 0 Å². The molecular weight excluding hydrogens is 409 g/mol. The van der Waals surface area contributed by atoms with Gasteiger partial charge in [-0.05, 0) is 42.7 Å². The second-order valence-corrected chi connectivity index (χ2v) is 7.74. The number of hydrogen-bond acceptors (Lipinski definition) is 4. The molecule has 172 valence electrons. The van der Waals surface area contributed by atoms with Gasteiger partial charge in [0.1, 0.15) is 5.82 Å². The van der Waals surface area contributed by atoms with Gasteiger partial charge in [0.05, 0.1) is 5.69 Å². The Balaban J connectivity index is 0.000000654. The molecule has 3 N–H and O–H groups in total. The van der Waals surface area contributed by atoms with Crippen molar-refractivity contribution < 1.29 is 14.0 Å². The highest BCUT2D eigenvalue weighted by molar-refractivity contribution is 5.92. The van der Waals surface area contributed by atoms with Crippen LogP contribution in [0.1, 0.15) is 56.9 Å². The largest absolute Gasteiger partial charge is 0.370 e. The number of amides is 2. The fourth-order valence-electron chi connectivity index (χ4n) is 3.38. The van der Waals surface area contributed by atoms with Crippen molar-refractivity contribution in [3.63, 3.8) is 0 Å². The second kappa shape index (κ2) is 11.9. The fraction of sp³-hybridized carbons (Fsp3) is 0.417. The van der Waals surface area contributed by atoms with Crippen LogP contribution in [0, 0.1) is 11.7 Å². The average Bonchev–Trinajstić information content (AvgIpc) is 3.29. The maximum atomic E-state index is 14.7. The summed E-state index contributed by atoms with van der Waals surface area (Å²) in [5, 5.41) is 8.65. The number of nitrogens with zero attached hydrogens (tertiary/aromatic N) is 3. The lowest BCUT2D eigenvalue weighted by Crippen LogP contribution is -2.32. The lowest BCUT2D eigenvalue weighted by atomic mass is 10.0. The first-order valence-electron chi connectivity index (χ1n) is 11.0. The van der Waals surface area contributed by atoms with E-state index in [2.05, 4.69) is 34.8 Å². The first-order chi connectivity index (χ1) is 15.3. The van der Waals surface area contributed by atoms with E-state index < -0.39 is 0 Å². The van der Waals surface area contributed by atoms with Crippen molar-refractivity contribution in [3.05, 3.63) is 48.0 Å². The Morgan fingerprint density at radius 1 is 1.12 bits per heavy atom. The highest BCUT2D eigenvalue weighted by Crippen LogP contribution is 2.27. The average molecular weight is 442 g/mol. The number of fused-ring (bicyclic) bond motifs is 1. The minimum atomic E-state index is -0.343.